The number of nitrogens with two attached hydrogens (primary N) is 1. The fraction of sp³-hybridized carbons (Fsp3) is 0.917. The molecule has 1 amide bonds. The van der Waals surface area contributed by atoms with Crippen LogP contribution in [0.5, 0.6) is 0 Å². The standard InChI is InChI=1S/C12H24N2O2/c1-4-16-9-8-14(3)11(15)12(2)7-5-6-10(12)13/h10H,4-9,13H2,1-3H3. The molecule has 1 fully saturated rings. The first-order valence-electron chi connectivity index (χ1n) is 6.11. The summed E-state index contributed by atoms with van der Waals surface area (Å²) in [6, 6.07) is 0.00884. The third kappa shape index (κ3) is 2.74. The number of carbonyl (C=O) groups excluding carboxylic acids is 1. The second-order valence-corrected chi connectivity index (χ2v) is 4.84. The third-order valence-corrected chi connectivity index (χ3v) is 3.64. The number of likely N-dealkylation sites (N-methyl/N-ethyl adjacent to an activating group) is 1. The Labute approximate surface area is 98.1 Å². The first kappa shape index (κ1) is 13.5. The number of rotatable bonds is 5. The lowest BCUT2D eigenvalue weighted by Gasteiger charge is -2.32. The number of nitrogens with zero attached hydrogens (tertiary/aromatic N) is 1. The van der Waals surface area contributed by atoms with Crippen LogP contribution in [0.2, 0.25) is 0 Å². The molecule has 0 aromatic carbocycles. The molecule has 0 aliphatic heterocycles. The zero-order valence-electron chi connectivity index (χ0n) is 10.7. The average molecular weight is 228 g/mol. The predicted molar refractivity (Wildman–Crippen MR) is 64.1 cm³/mol. The molecule has 1 aliphatic carbocycles. The molecule has 4 nitrogen and oxygen atoms in total. The number of amides is 1. The lowest BCUT2D eigenvalue weighted by atomic mass is 9.83. The smallest absolute Gasteiger partial charge is 0.229 e. The van der Waals surface area contributed by atoms with E-state index in [0.717, 1.165) is 19.3 Å². The largest absolute Gasteiger partial charge is 0.380 e. The van der Waals surface area contributed by atoms with Crippen molar-refractivity contribution >= 4 is 5.91 Å². The topological polar surface area (TPSA) is 55.6 Å². The number of hydrogen-bond acceptors (Lipinski definition) is 3. The highest BCUT2D eigenvalue weighted by atomic mass is 16.5. The Balaban J connectivity index is 2.49. The van der Waals surface area contributed by atoms with Gasteiger partial charge in [-0.25, -0.2) is 0 Å². The maximum absolute atomic E-state index is 12.3. The molecule has 1 rings (SSSR count). The summed E-state index contributed by atoms with van der Waals surface area (Å²) in [6.45, 7) is 5.89. The second-order valence-electron chi connectivity index (χ2n) is 4.84. The molecule has 1 aliphatic rings. The maximum Gasteiger partial charge on any atom is 0.229 e. The van der Waals surface area contributed by atoms with Gasteiger partial charge in [0.15, 0.2) is 0 Å². The third-order valence-electron chi connectivity index (χ3n) is 3.64. The van der Waals surface area contributed by atoms with Gasteiger partial charge in [-0.05, 0) is 26.7 Å². The van der Waals surface area contributed by atoms with Crippen LogP contribution in [0.25, 0.3) is 0 Å². The molecular formula is C12H24N2O2. The Kier molecular flexibility index (Phi) is 4.74. The first-order chi connectivity index (χ1) is 7.52. The van der Waals surface area contributed by atoms with Crippen molar-refractivity contribution in [1.82, 2.24) is 4.90 Å². The molecule has 4 heteroatoms. The molecule has 0 radical (unpaired) electrons. The Morgan fingerprint density at radius 3 is 2.81 bits per heavy atom. The number of ether oxygens (including phenoxy) is 1. The Hall–Kier alpha value is -0.610. The van der Waals surface area contributed by atoms with Crippen molar-refractivity contribution in [2.24, 2.45) is 11.1 Å². The minimum absolute atomic E-state index is 0.00884. The van der Waals surface area contributed by atoms with Crippen LogP contribution in [0.1, 0.15) is 33.1 Å². The highest BCUT2D eigenvalue weighted by Crippen LogP contribution is 2.38. The lowest BCUT2D eigenvalue weighted by molar-refractivity contribution is -0.140. The molecule has 2 unspecified atom stereocenters. The van der Waals surface area contributed by atoms with E-state index in [1.54, 1.807) is 4.90 Å². The molecule has 94 valence electrons. The van der Waals surface area contributed by atoms with Crippen LogP contribution in [-0.2, 0) is 9.53 Å². The van der Waals surface area contributed by atoms with E-state index >= 15 is 0 Å². The highest BCUT2D eigenvalue weighted by molar-refractivity contribution is 5.83. The summed E-state index contributed by atoms with van der Waals surface area (Å²) in [5, 5.41) is 0. The van der Waals surface area contributed by atoms with Crippen molar-refractivity contribution < 1.29 is 9.53 Å². The van der Waals surface area contributed by atoms with Gasteiger partial charge in [-0.2, -0.15) is 0 Å². The van der Waals surface area contributed by atoms with Gasteiger partial charge in [-0.1, -0.05) is 6.42 Å². The van der Waals surface area contributed by atoms with Gasteiger partial charge >= 0.3 is 0 Å². The van der Waals surface area contributed by atoms with Crippen LogP contribution >= 0.6 is 0 Å². The molecule has 0 aromatic heterocycles. The maximum atomic E-state index is 12.3. The van der Waals surface area contributed by atoms with Crippen molar-refractivity contribution in [2.45, 2.75) is 39.2 Å². The summed E-state index contributed by atoms with van der Waals surface area (Å²) in [5.41, 5.74) is 5.67. The molecule has 0 aromatic rings. The molecule has 1 saturated carbocycles. The normalized spacial score (nSPS) is 29.4. The van der Waals surface area contributed by atoms with Gasteiger partial charge < -0.3 is 15.4 Å². The van der Waals surface area contributed by atoms with Gasteiger partial charge in [-0.3, -0.25) is 4.79 Å². The quantitative estimate of drug-likeness (QED) is 0.714. The minimum atomic E-state index is -0.360. The highest BCUT2D eigenvalue weighted by Gasteiger charge is 2.44. The first-order valence-corrected chi connectivity index (χ1v) is 6.11. The molecule has 0 bridgehead atoms. The summed E-state index contributed by atoms with van der Waals surface area (Å²) in [5.74, 6) is 0.164. The summed E-state index contributed by atoms with van der Waals surface area (Å²) >= 11 is 0. The van der Waals surface area contributed by atoms with Gasteiger partial charge in [0.1, 0.15) is 0 Å². The molecular weight excluding hydrogens is 204 g/mol. The van der Waals surface area contributed by atoms with Crippen LogP contribution in [-0.4, -0.2) is 43.7 Å². The predicted octanol–water partition coefficient (Wildman–Crippen LogP) is 0.999. The monoisotopic (exact) mass is 228 g/mol. The fourth-order valence-corrected chi connectivity index (χ4v) is 2.34. The molecule has 16 heavy (non-hydrogen) atoms. The number of carbonyl (C=O) groups is 1. The van der Waals surface area contributed by atoms with Gasteiger partial charge in [0, 0.05) is 26.2 Å². The van der Waals surface area contributed by atoms with Crippen LogP contribution in [0.15, 0.2) is 0 Å². The lowest BCUT2D eigenvalue weighted by Crippen LogP contribution is -2.48. The van der Waals surface area contributed by atoms with Crippen molar-refractivity contribution in [3.05, 3.63) is 0 Å². The summed E-state index contributed by atoms with van der Waals surface area (Å²) in [7, 11) is 1.83. The van der Waals surface area contributed by atoms with Gasteiger partial charge in [-0.15, -0.1) is 0 Å². The van der Waals surface area contributed by atoms with Crippen LogP contribution < -0.4 is 5.73 Å². The Morgan fingerprint density at radius 1 is 1.62 bits per heavy atom. The molecule has 2 N–H and O–H groups in total. The summed E-state index contributed by atoms with van der Waals surface area (Å²) in [6.07, 6.45) is 2.93. The van der Waals surface area contributed by atoms with Crippen LogP contribution in [0.3, 0.4) is 0 Å². The van der Waals surface area contributed by atoms with Crippen molar-refractivity contribution in [3.63, 3.8) is 0 Å². The van der Waals surface area contributed by atoms with E-state index in [4.69, 9.17) is 10.5 Å². The molecule has 2 atom stereocenters. The van der Waals surface area contributed by atoms with Crippen molar-refractivity contribution in [2.75, 3.05) is 26.8 Å². The minimum Gasteiger partial charge on any atom is -0.380 e. The molecule has 0 spiro atoms. The van der Waals surface area contributed by atoms with Crippen molar-refractivity contribution in [1.29, 1.82) is 0 Å². The van der Waals surface area contributed by atoms with Crippen LogP contribution in [0, 0.1) is 5.41 Å². The average Bonchev–Trinajstić information content (AvgIpc) is 2.59. The Bertz CT molecular complexity index is 245. The Morgan fingerprint density at radius 2 is 2.31 bits per heavy atom. The molecule has 0 saturated heterocycles. The zero-order valence-corrected chi connectivity index (χ0v) is 10.7. The van der Waals surface area contributed by atoms with Gasteiger partial charge in [0.05, 0.1) is 12.0 Å². The van der Waals surface area contributed by atoms with E-state index in [2.05, 4.69) is 0 Å². The zero-order chi connectivity index (χ0) is 12.2. The van der Waals surface area contributed by atoms with Gasteiger partial charge in [0.2, 0.25) is 5.91 Å². The summed E-state index contributed by atoms with van der Waals surface area (Å²) in [4.78, 5) is 14.0. The van der Waals surface area contributed by atoms with E-state index in [1.165, 1.54) is 0 Å². The van der Waals surface area contributed by atoms with Gasteiger partial charge in [0.25, 0.3) is 0 Å². The van der Waals surface area contributed by atoms with E-state index < -0.39 is 0 Å². The SMILES string of the molecule is CCOCCN(C)C(=O)C1(C)CCCC1N. The van der Waals surface area contributed by atoms with Crippen LogP contribution in [0.4, 0.5) is 0 Å². The van der Waals surface area contributed by atoms with E-state index in [9.17, 15) is 4.79 Å². The molecule has 0 heterocycles. The van der Waals surface area contributed by atoms with Crippen molar-refractivity contribution in [3.8, 4) is 0 Å². The van der Waals surface area contributed by atoms with E-state index in [0.29, 0.717) is 19.8 Å². The van der Waals surface area contributed by atoms with E-state index in [1.807, 2.05) is 20.9 Å². The second kappa shape index (κ2) is 5.64. The number of hydrogen-bond donors (Lipinski definition) is 1. The summed E-state index contributed by atoms with van der Waals surface area (Å²) < 4.78 is 5.25. The fourth-order valence-electron chi connectivity index (χ4n) is 2.34. The van der Waals surface area contributed by atoms with E-state index in [-0.39, 0.29) is 17.4 Å².